The first-order valence-corrected chi connectivity index (χ1v) is 7.64. The van der Waals surface area contributed by atoms with Crippen LogP contribution in [0.5, 0.6) is 0 Å². The molecule has 0 aromatic carbocycles. The molecule has 1 N–H and O–H groups in total. The van der Waals surface area contributed by atoms with Crippen LogP contribution in [0.4, 0.5) is 0 Å². The van der Waals surface area contributed by atoms with Crippen molar-refractivity contribution in [3.8, 4) is 0 Å². The van der Waals surface area contributed by atoms with E-state index in [1.807, 2.05) is 0 Å². The first-order valence-electron chi connectivity index (χ1n) is 5.23. The van der Waals surface area contributed by atoms with Gasteiger partial charge in [-0.1, -0.05) is 13.3 Å². The van der Waals surface area contributed by atoms with Gasteiger partial charge in [-0.15, -0.1) is 11.3 Å². The van der Waals surface area contributed by atoms with Crippen molar-refractivity contribution in [2.75, 3.05) is 6.54 Å². The Bertz CT molecular complexity index is 325. The molecule has 0 unspecified atom stereocenters. The van der Waals surface area contributed by atoms with Crippen LogP contribution in [0.25, 0.3) is 0 Å². The molecular formula is C11H15Br2NS. The van der Waals surface area contributed by atoms with Crippen molar-refractivity contribution < 1.29 is 0 Å². The van der Waals surface area contributed by atoms with Crippen LogP contribution in [0.15, 0.2) is 14.3 Å². The molecule has 1 nitrogen and oxygen atoms in total. The van der Waals surface area contributed by atoms with E-state index in [1.54, 1.807) is 11.3 Å². The van der Waals surface area contributed by atoms with Crippen molar-refractivity contribution >= 4 is 43.2 Å². The van der Waals surface area contributed by atoms with Gasteiger partial charge in [0.25, 0.3) is 0 Å². The molecule has 4 heteroatoms. The van der Waals surface area contributed by atoms with Gasteiger partial charge in [0.1, 0.15) is 0 Å². The molecule has 0 spiro atoms. The lowest BCUT2D eigenvalue weighted by Gasteiger charge is -2.38. The van der Waals surface area contributed by atoms with Gasteiger partial charge in [0, 0.05) is 22.4 Å². The van der Waals surface area contributed by atoms with E-state index in [-0.39, 0.29) is 0 Å². The predicted molar refractivity (Wildman–Crippen MR) is 73.4 cm³/mol. The Labute approximate surface area is 112 Å². The second kappa shape index (κ2) is 4.86. The summed E-state index contributed by atoms with van der Waals surface area (Å²) in [5, 5.41) is 3.55. The van der Waals surface area contributed by atoms with E-state index < -0.39 is 0 Å². The number of hydrogen-bond donors (Lipinski definition) is 1. The third kappa shape index (κ3) is 3.05. The van der Waals surface area contributed by atoms with E-state index in [1.165, 1.54) is 32.4 Å². The van der Waals surface area contributed by atoms with E-state index in [0.717, 1.165) is 13.1 Å². The number of hydrogen-bond acceptors (Lipinski definition) is 2. The van der Waals surface area contributed by atoms with Gasteiger partial charge < -0.3 is 5.32 Å². The molecule has 0 saturated heterocycles. The standard InChI is InChI=1S/C11H15Br2NS/c1-11(3-2-4-11)7-14-6-8-5-9(12)10(13)15-8/h5,14H,2-4,6-7H2,1H3. The molecule has 1 fully saturated rings. The summed E-state index contributed by atoms with van der Waals surface area (Å²) in [7, 11) is 0. The molecular weight excluding hydrogens is 338 g/mol. The van der Waals surface area contributed by atoms with Gasteiger partial charge in [0.15, 0.2) is 0 Å². The maximum absolute atomic E-state index is 3.55. The van der Waals surface area contributed by atoms with Crippen LogP contribution in [0.1, 0.15) is 31.1 Å². The van der Waals surface area contributed by atoms with Crippen LogP contribution in [-0.4, -0.2) is 6.54 Å². The van der Waals surface area contributed by atoms with Gasteiger partial charge in [0.2, 0.25) is 0 Å². The minimum atomic E-state index is 0.575. The Kier molecular flexibility index (Phi) is 3.92. The quantitative estimate of drug-likeness (QED) is 0.837. The average Bonchev–Trinajstić information content (AvgIpc) is 2.43. The van der Waals surface area contributed by atoms with Gasteiger partial charge in [-0.3, -0.25) is 0 Å². The monoisotopic (exact) mass is 351 g/mol. The summed E-state index contributed by atoms with van der Waals surface area (Å²) in [6, 6.07) is 2.19. The Morgan fingerprint density at radius 1 is 1.47 bits per heavy atom. The van der Waals surface area contributed by atoms with Crippen molar-refractivity contribution in [3.05, 3.63) is 19.2 Å². The van der Waals surface area contributed by atoms with Crippen molar-refractivity contribution in [1.82, 2.24) is 5.32 Å². The van der Waals surface area contributed by atoms with Gasteiger partial charge >= 0.3 is 0 Å². The van der Waals surface area contributed by atoms with E-state index in [4.69, 9.17) is 0 Å². The predicted octanol–water partition coefficient (Wildman–Crippen LogP) is 4.55. The zero-order chi connectivity index (χ0) is 10.9. The Balaban J connectivity index is 1.78. The molecule has 0 aliphatic heterocycles. The molecule has 1 heterocycles. The van der Waals surface area contributed by atoms with Crippen molar-refractivity contribution in [2.24, 2.45) is 5.41 Å². The summed E-state index contributed by atoms with van der Waals surface area (Å²) in [6.07, 6.45) is 4.18. The van der Waals surface area contributed by atoms with Crippen LogP contribution >= 0.6 is 43.2 Å². The lowest BCUT2D eigenvalue weighted by Crippen LogP contribution is -2.36. The normalized spacial score (nSPS) is 18.9. The molecule has 0 radical (unpaired) electrons. The molecule has 84 valence electrons. The molecule has 1 aliphatic rings. The minimum Gasteiger partial charge on any atom is -0.311 e. The van der Waals surface area contributed by atoms with Crippen LogP contribution in [0, 0.1) is 5.41 Å². The van der Waals surface area contributed by atoms with Crippen molar-refractivity contribution in [2.45, 2.75) is 32.7 Å². The fourth-order valence-electron chi connectivity index (χ4n) is 1.92. The fraction of sp³-hybridized carbons (Fsp3) is 0.636. The SMILES string of the molecule is CC1(CNCc2cc(Br)c(Br)s2)CCC1. The van der Waals surface area contributed by atoms with Crippen molar-refractivity contribution in [1.29, 1.82) is 0 Å². The van der Waals surface area contributed by atoms with Crippen LogP contribution in [0.3, 0.4) is 0 Å². The highest BCUT2D eigenvalue weighted by Gasteiger charge is 2.30. The third-order valence-electron chi connectivity index (χ3n) is 3.11. The van der Waals surface area contributed by atoms with Gasteiger partial charge in [0.05, 0.1) is 3.79 Å². The zero-order valence-corrected chi connectivity index (χ0v) is 12.8. The molecule has 15 heavy (non-hydrogen) atoms. The van der Waals surface area contributed by atoms with Crippen LogP contribution in [0.2, 0.25) is 0 Å². The van der Waals surface area contributed by atoms with Crippen LogP contribution < -0.4 is 5.32 Å². The van der Waals surface area contributed by atoms with Crippen LogP contribution in [-0.2, 0) is 6.54 Å². The zero-order valence-electron chi connectivity index (χ0n) is 8.78. The summed E-state index contributed by atoms with van der Waals surface area (Å²) < 4.78 is 2.35. The Morgan fingerprint density at radius 2 is 2.20 bits per heavy atom. The van der Waals surface area contributed by atoms with E-state index in [0.29, 0.717) is 5.41 Å². The molecule has 2 rings (SSSR count). The van der Waals surface area contributed by atoms with E-state index in [9.17, 15) is 0 Å². The minimum absolute atomic E-state index is 0.575. The summed E-state index contributed by atoms with van der Waals surface area (Å²) in [4.78, 5) is 1.39. The Morgan fingerprint density at radius 3 is 2.67 bits per heavy atom. The number of nitrogens with one attached hydrogen (secondary N) is 1. The topological polar surface area (TPSA) is 12.0 Å². The highest BCUT2D eigenvalue weighted by atomic mass is 79.9. The van der Waals surface area contributed by atoms with E-state index >= 15 is 0 Å². The number of rotatable bonds is 4. The Hall–Kier alpha value is 0.620. The second-order valence-corrected chi connectivity index (χ2v) is 7.91. The van der Waals surface area contributed by atoms with Gasteiger partial charge in [-0.25, -0.2) is 0 Å². The largest absolute Gasteiger partial charge is 0.311 e. The molecule has 1 aliphatic carbocycles. The summed E-state index contributed by atoms with van der Waals surface area (Å²) in [5.74, 6) is 0. The maximum atomic E-state index is 3.55. The highest BCUT2D eigenvalue weighted by molar-refractivity contribution is 9.13. The van der Waals surface area contributed by atoms with E-state index in [2.05, 4.69) is 50.2 Å². The molecule has 1 aromatic heterocycles. The first kappa shape index (κ1) is 12.1. The average molecular weight is 353 g/mol. The summed E-state index contributed by atoms with van der Waals surface area (Å²) in [6.45, 7) is 4.52. The lowest BCUT2D eigenvalue weighted by molar-refractivity contribution is 0.156. The highest BCUT2D eigenvalue weighted by Crippen LogP contribution is 2.39. The number of halogens is 2. The first-order chi connectivity index (χ1) is 7.09. The van der Waals surface area contributed by atoms with Gasteiger partial charge in [-0.2, -0.15) is 0 Å². The summed E-state index contributed by atoms with van der Waals surface area (Å²) >= 11 is 8.82. The molecule has 1 aromatic rings. The maximum Gasteiger partial charge on any atom is 0.0843 e. The third-order valence-corrected chi connectivity index (χ3v) is 6.36. The molecule has 0 amide bonds. The van der Waals surface area contributed by atoms with Gasteiger partial charge in [-0.05, 0) is 56.2 Å². The second-order valence-electron chi connectivity index (χ2n) is 4.60. The molecule has 0 bridgehead atoms. The number of thiophene rings is 1. The molecule has 0 atom stereocenters. The van der Waals surface area contributed by atoms with Crippen molar-refractivity contribution in [3.63, 3.8) is 0 Å². The lowest BCUT2D eigenvalue weighted by atomic mass is 9.70. The fourth-order valence-corrected chi connectivity index (χ4v) is 4.07. The summed E-state index contributed by atoms with van der Waals surface area (Å²) in [5.41, 5.74) is 0.575. The molecule has 1 saturated carbocycles. The smallest absolute Gasteiger partial charge is 0.0843 e.